The quantitative estimate of drug-likeness (QED) is 0.298. The van der Waals surface area contributed by atoms with Crippen molar-refractivity contribution in [2.24, 2.45) is 0 Å². The first kappa shape index (κ1) is 23.6. The molecule has 5 aromatic rings. The van der Waals surface area contributed by atoms with E-state index in [-0.39, 0.29) is 0 Å². The van der Waals surface area contributed by atoms with Crippen LogP contribution in [-0.4, -0.2) is 0 Å². The fraction of sp³-hybridized carbons (Fsp3) is 0.188. The molecular formula is C32H34N4+4. The monoisotopic (exact) mass is 474 g/mol. The van der Waals surface area contributed by atoms with Crippen molar-refractivity contribution in [1.82, 2.24) is 0 Å². The highest BCUT2D eigenvalue weighted by Crippen LogP contribution is 2.17. The molecule has 4 heterocycles. The van der Waals surface area contributed by atoms with E-state index in [9.17, 15) is 0 Å². The van der Waals surface area contributed by atoms with Crippen LogP contribution in [0.15, 0.2) is 122 Å². The molecule has 4 nitrogen and oxygen atoms in total. The van der Waals surface area contributed by atoms with Crippen molar-refractivity contribution < 1.29 is 18.3 Å². The Labute approximate surface area is 214 Å². The molecule has 36 heavy (non-hydrogen) atoms. The van der Waals surface area contributed by atoms with Crippen LogP contribution in [0, 0.1) is 0 Å². The fourth-order valence-electron chi connectivity index (χ4n) is 4.40. The average Bonchev–Trinajstić information content (AvgIpc) is 2.95. The van der Waals surface area contributed by atoms with E-state index < -0.39 is 0 Å². The maximum atomic E-state index is 2.23. The predicted octanol–water partition coefficient (Wildman–Crippen LogP) is 4.31. The number of hydrogen-bond donors (Lipinski definition) is 0. The number of pyridine rings is 4. The van der Waals surface area contributed by atoms with Crippen molar-refractivity contribution in [3.05, 3.63) is 133 Å². The Hall–Kier alpha value is -4.18. The van der Waals surface area contributed by atoms with E-state index in [0.717, 1.165) is 26.2 Å². The van der Waals surface area contributed by atoms with Gasteiger partial charge in [-0.25, -0.2) is 18.3 Å². The second-order valence-corrected chi connectivity index (χ2v) is 9.17. The van der Waals surface area contributed by atoms with Crippen LogP contribution in [0.2, 0.25) is 0 Å². The highest BCUT2D eigenvalue weighted by Gasteiger charge is 2.09. The van der Waals surface area contributed by atoms with Crippen LogP contribution < -0.4 is 18.3 Å². The molecule has 0 aliphatic heterocycles. The summed E-state index contributed by atoms with van der Waals surface area (Å²) in [5.41, 5.74) is 7.57. The minimum atomic E-state index is 0.863. The Balaban J connectivity index is 1.19. The van der Waals surface area contributed by atoms with Gasteiger partial charge in [0.25, 0.3) is 0 Å². The van der Waals surface area contributed by atoms with Gasteiger partial charge in [-0.3, -0.25) is 0 Å². The Kier molecular flexibility index (Phi) is 7.23. The molecule has 0 spiro atoms. The molecular weight excluding hydrogens is 440 g/mol. The zero-order valence-corrected chi connectivity index (χ0v) is 21.2. The number of nitrogens with zero attached hydrogens (tertiary/aromatic N) is 4. The molecule has 0 aliphatic carbocycles. The number of aromatic nitrogens is 4. The molecule has 0 N–H and O–H groups in total. The van der Waals surface area contributed by atoms with Gasteiger partial charge >= 0.3 is 0 Å². The number of hydrogen-bond acceptors (Lipinski definition) is 0. The third-order valence-corrected chi connectivity index (χ3v) is 6.71. The summed E-state index contributed by atoms with van der Waals surface area (Å²) < 4.78 is 8.81. The Morgan fingerprint density at radius 1 is 0.361 bits per heavy atom. The zero-order chi connectivity index (χ0) is 24.7. The van der Waals surface area contributed by atoms with Crippen molar-refractivity contribution >= 4 is 0 Å². The van der Waals surface area contributed by atoms with Crippen molar-refractivity contribution in [1.29, 1.82) is 0 Å². The van der Waals surface area contributed by atoms with Gasteiger partial charge < -0.3 is 0 Å². The molecule has 0 saturated carbocycles. The van der Waals surface area contributed by atoms with Crippen molar-refractivity contribution in [2.45, 2.75) is 40.0 Å². The first-order chi connectivity index (χ1) is 17.7. The Morgan fingerprint density at radius 3 is 0.861 bits per heavy atom. The van der Waals surface area contributed by atoms with Crippen LogP contribution in [-0.2, 0) is 26.2 Å². The number of benzene rings is 1. The summed E-state index contributed by atoms with van der Waals surface area (Å²) >= 11 is 0. The molecule has 0 fully saturated rings. The zero-order valence-electron chi connectivity index (χ0n) is 21.2. The van der Waals surface area contributed by atoms with E-state index in [4.69, 9.17) is 0 Å². The minimum absolute atomic E-state index is 0.863. The Morgan fingerprint density at radius 2 is 0.611 bits per heavy atom. The van der Waals surface area contributed by atoms with Crippen LogP contribution in [0.1, 0.15) is 25.0 Å². The standard InChI is InChI=1S/C32H34N4/c1-3-33-17-9-29(10-18-33)31-13-21-35(22-14-31)25-27-5-7-28(8-6-27)26-36-23-15-32(16-24-36)30-11-19-34(4-2)20-12-30/h5-24H,3-4,25-26H2,1-2H3/q+4. The Bertz CT molecular complexity index is 1280. The van der Waals surface area contributed by atoms with Gasteiger partial charge in [-0.1, -0.05) is 24.3 Å². The molecule has 0 saturated heterocycles. The molecule has 1 aromatic carbocycles. The van der Waals surface area contributed by atoms with Crippen molar-refractivity contribution in [2.75, 3.05) is 0 Å². The van der Waals surface area contributed by atoms with E-state index >= 15 is 0 Å². The smallest absolute Gasteiger partial charge is 0.173 e. The summed E-state index contributed by atoms with van der Waals surface area (Å²) in [7, 11) is 0. The normalized spacial score (nSPS) is 10.9. The molecule has 0 radical (unpaired) electrons. The van der Waals surface area contributed by atoms with E-state index in [1.165, 1.54) is 33.4 Å². The first-order valence-electron chi connectivity index (χ1n) is 12.7. The summed E-state index contributed by atoms with van der Waals surface area (Å²) in [6.45, 7) is 8.02. The largest absolute Gasteiger partial charge is 0.205 e. The average molecular weight is 475 g/mol. The lowest BCUT2D eigenvalue weighted by Gasteiger charge is -2.03. The van der Waals surface area contributed by atoms with Crippen molar-refractivity contribution in [3.8, 4) is 22.3 Å². The second-order valence-electron chi connectivity index (χ2n) is 9.17. The van der Waals surface area contributed by atoms with Crippen LogP contribution in [0.3, 0.4) is 0 Å². The topological polar surface area (TPSA) is 15.5 Å². The highest BCUT2D eigenvalue weighted by atomic mass is 14.9. The first-order valence-corrected chi connectivity index (χ1v) is 12.7. The molecule has 178 valence electrons. The van der Waals surface area contributed by atoms with Crippen LogP contribution in [0.4, 0.5) is 0 Å². The molecule has 0 bridgehead atoms. The molecule has 0 aliphatic rings. The summed E-state index contributed by atoms with van der Waals surface area (Å²) in [5, 5.41) is 0. The highest BCUT2D eigenvalue weighted by molar-refractivity contribution is 5.61. The van der Waals surface area contributed by atoms with E-state index in [1.807, 2.05) is 0 Å². The van der Waals surface area contributed by atoms with Gasteiger partial charge in [0.2, 0.25) is 0 Å². The minimum Gasteiger partial charge on any atom is -0.205 e. The predicted molar refractivity (Wildman–Crippen MR) is 141 cm³/mol. The summed E-state index contributed by atoms with van der Waals surface area (Å²) in [6.07, 6.45) is 17.2. The summed E-state index contributed by atoms with van der Waals surface area (Å²) in [6, 6.07) is 26.4. The lowest BCUT2D eigenvalue weighted by Crippen LogP contribution is -2.34. The summed E-state index contributed by atoms with van der Waals surface area (Å²) in [4.78, 5) is 0. The van der Waals surface area contributed by atoms with Gasteiger partial charge in [0.15, 0.2) is 62.7 Å². The van der Waals surface area contributed by atoms with Gasteiger partial charge in [0.1, 0.15) is 13.1 Å². The maximum absolute atomic E-state index is 2.23. The molecule has 0 atom stereocenters. The van der Waals surface area contributed by atoms with Crippen molar-refractivity contribution in [3.63, 3.8) is 0 Å². The molecule has 0 unspecified atom stereocenters. The fourth-order valence-corrected chi connectivity index (χ4v) is 4.40. The SMILES string of the molecule is CC[n+]1ccc(-c2cc[n+](Cc3ccc(C[n+]4ccc(-c5cc[n+](CC)cc5)cc4)cc3)cc2)cc1. The molecule has 4 aromatic heterocycles. The van der Waals surface area contributed by atoms with E-state index in [1.54, 1.807) is 0 Å². The second kappa shape index (κ2) is 11.0. The van der Waals surface area contributed by atoms with Gasteiger partial charge in [-0.05, 0) is 36.1 Å². The third kappa shape index (κ3) is 5.72. The van der Waals surface area contributed by atoms with Gasteiger partial charge in [0.05, 0.1) is 0 Å². The molecule has 5 rings (SSSR count). The lowest BCUT2D eigenvalue weighted by atomic mass is 10.1. The van der Waals surface area contributed by atoms with Crippen LogP contribution in [0.5, 0.6) is 0 Å². The van der Waals surface area contributed by atoms with Crippen LogP contribution >= 0.6 is 0 Å². The lowest BCUT2D eigenvalue weighted by molar-refractivity contribution is -0.693. The van der Waals surface area contributed by atoms with Gasteiger partial charge in [-0.2, -0.15) is 0 Å². The molecule has 4 heteroatoms. The maximum Gasteiger partial charge on any atom is 0.173 e. The number of aryl methyl sites for hydroxylation is 2. The van der Waals surface area contributed by atoms with Gasteiger partial charge in [0, 0.05) is 59.7 Å². The summed E-state index contributed by atoms with van der Waals surface area (Å²) in [5.74, 6) is 0. The third-order valence-electron chi connectivity index (χ3n) is 6.71. The van der Waals surface area contributed by atoms with E-state index in [2.05, 4.69) is 154 Å². The molecule has 0 amide bonds. The van der Waals surface area contributed by atoms with Gasteiger partial charge in [-0.15, -0.1) is 0 Å². The van der Waals surface area contributed by atoms with Crippen LogP contribution in [0.25, 0.3) is 22.3 Å². The number of rotatable bonds is 8. The van der Waals surface area contributed by atoms with E-state index in [0.29, 0.717) is 0 Å².